The molecule has 1 saturated carbocycles. The van der Waals surface area contributed by atoms with Crippen molar-refractivity contribution in [2.45, 2.75) is 19.3 Å². The molecule has 3 heterocycles. The van der Waals surface area contributed by atoms with Crippen molar-refractivity contribution in [3.8, 4) is 11.1 Å². The molecule has 4 aromatic rings. The summed E-state index contributed by atoms with van der Waals surface area (Å²) < 4.78 is 2.00. The Bertz CT molecular complexity index is 1170. The number of amides is 1. The average Bonchev–Trinajstić information content (AvgIpc) is 3.40. The first kappa shape index (κ1) is 16.7. The highest BCUT2D eigenvalue weighted by Crippen LogP contribution is 2.47. The minimum Gasteiger partial charge on any atom is -0.326 e. The van der Waals surface area contributed by atoms with Crippen LogP contribution in [0, 0.1) is 12.8 Å². The number of carbonyl (C=O) groups is 1. The predicted molar refractivity (Wildman–Crippen MR) is 109 cm³/mol. The maximum Gasteiger partial charge on any atom is 0.228 e. The highest BCUT2D eigenvalue weighted by molar-refractivity contribution is 5.95. The molecule has 28 heavy (non-hydrogen) atoms. The lowest BCUT2D eigenvalue weighted by Crippen LogP contribution is -2.14. The van der Waals surface area contributed by atoms with Crippen LogP contribution in [0.25, 0.3) is 16.8 Å². The summed E-state index contributed by atoms with van der Waals surface area (Å²) in [5.41, 5.74) is 5.96. The van der Waals surface area contributed by atoms with E-state index in [2.05, 4.69) is 28.4 Å². The molecule has 1 aliphatic carbocycles. The Labute approximate surface area is 163 Å². The van der Waals surface area contributed by atoms with E-state index < -0.39 is 0 Å². The third-order valence-corrected chi connectivity index (χ3v) is 5.38. The maximum atomic E-state index is 12.7. The molecular weight excluding hydrogens is 348 g/mol. The van der Waals surface area contributed by atoms with E-state index in [1.807, 2.05) is 65.3 Å². The normalized spacial score (nSPS) is 18.2. The summed E-state index contributed by atoms with van der Waals surface area (Å²) in [6.07, 6.45) is 8.56. The minimum atomic E-state index is -0.00227. The number of pyridine rings is 1. The highest BCUT2D eigenvalue weighted by Gasteiger charge is 2.44. The monoisotopic (exact) mass is 368 g/mol. The molecule has 1 N–H and O–H groups in total. The van der Waals surface area contributed by atoms with E-state index in [9.17, 15) is 4.79 Å². The van der Waals surface area contributed by atoms with E-state index >= 15 is 0 Å². The van der Waals surface area contributed by atoms with Crippen LogP contribution in [0.2, 0.25) is 0 Å². The van der Waals surface area contributed by atoms with Gasteiger partial charge in [-0.1, -0.05) is 12.1 Å². The van der Waals surface area contributed by atoms with Crippen molar-refractivity contribution >= 4 is 17.2 Å². The van der Waals surface area contributed by atoms with Crippen molar-refractivity contribution in [2.75, 3.05) is 5.32 Å². The van der Waals surface area contributed by atoms with Gasteiger partial charge in [0.15, 0.2) is 0 Å². The van der Waals surface area contributed by atoms with Gasteiger partial charge in [-0.15, -0.1) is 0 Å². The molecule has 138 valence electrons. The fourth-order valence-corrected chi connectivity index (χ4v) is 3.71. The molecule has 1 aromatic carbocycles. The van der Waals surface area contributed by atoms with Gasteiger partial charge < -0.3 is 9.72 Å². The molecular formula is C23H20N4O. The van der Waals surface area contributed by atoms with Gasteiger partial charge in [-0.2, -0.15) is 0 Å². The van der Waals surface area contributed by atoms with Crippen LogP contribution in [0.1, 0.15) is 23.6 Å². The minimum absolute atomic E-state index is 0.00227. The van der Waals surface area contributed by atoms with Crippen LogP contribution in [0.3, 0.4) is 0 Å². The molecule has 5 rings (SSSR count). The molecule has 1 fully saturated rings. The lowest BCUT2D eigenvalue weighted by Gasteiger charge is -2.11. The lowest BCUT2D eigenvalue weighted by molar-refractivity contribution is -0.117. The van der Waals surface area contributed by atoms with Crippen LogP contribution in [-0.4, -0.2) is 20.3 Å². The second-order valence-corrected chi connectivity index (χ2v) is 7.34. The Balaban J connectivity index is 1.36. The number of hydrogen-bond acceptors (Lipinski definition) is 3. The van der Waals surface area contributed by atoms with Gasteiger partial charge in [0.2, 0.25) is 5.91 Å². The van der Waals surface area contributed by atoms with E-state index in [4.69, 9.17) is 0 Å². The number of anilines is 1. The zero-order valence-electron chi connectivity index (χ0n) is 15.5. The van der Waals surface area contributed by atoms with Gasteiger partial charge in [-0.3, -0.25) is 9.78 Å². The number of aromatic nitrogens is 3. The first-order chi connectivity index (χ1) is 13.7. The number of hydrogen-bond donors (Lipinski definition) is 1. The third-order valence-electron chi connectivity index (χ3n) is 5.38. The summed E-state index contributed by atoms with van der Waals surface area (Å²) in [6.45, 7) is 2.07. The van der Waals surface area contributed by atoms with E-state index in [1.54, 1.807) is 6.20 Å². The molecule has 1 amide bonds. The van der Waals surface area contributed by atoms with E-state index in [1.165, 1.54) is 0 Å². The average molecular weight is 368 g/mol. The molecule has 0 spiro atoms. The fourth-order valence-electron chi connectivity index (χ4n) is 3.71. The Morgan fingerprint density at radius 3 is 2.93 bits per heavy atom. The quantitative estimate of drug-likeness (QED) is 0.579. The van der Waals surface area contributed by atoms with Gasteiger partial charge in [-0.25, -0.2) is 4.98 Å². The number of carbonyl (C=O) groups excluding carboxylic acids is 1. The van der Waals surface area contributed by atoms with Gasteiger partial charge in [0, 0.05) is 53.6 Å². The van der Waals surface area contributed by atoms with E-state index in [-0.39, 0.29) is 17.7 Å². The summed E-state index contributed by atoms with van der Waals surface area (Å²) in [5.74, 6) is 0.286. The Hall–Kier alpha value is -3.47. The van der Waals surface area contributed by atoms with Crippen molar-refractivity contribution in [3.63, 3.8) is 0 Å². The second kappa shape index (κ2) is 6.60. The van der Waals surface area contributed by atoms with Crippen molar-refractivity contribution < 1.29 is 4.79 Å². The molecule has 0 radical (unpaired) electrons. The summed E-state index contributed by atoms with van der Waals surface area (Å²) in [4.78, 5) is 21.6. The maximum absolute atomic E-state index is 12.7. The summed E-state index contributed by atoms with van der Waals surface area (Å²) in [5, 5.41) is 3.08. The number of fused-ring (bicyclic) bond motifs is 1. The molecule has 5 nitrogen and oxygen atoms in total. The van der Waals surface area contributed by atoms with Crippen molar-refractivity contribution in [1.82, 2.24) is 14.4 Å². The van der Waals surface area contributed by atoms with Crippen LogP contribution >= 0.6 is 0 Å². The standard InChI is InChI=1S/C23H20N4O/c1-15-7-8-17(11-18(15)16-13-25-22-6-4-10-27(22)14-16)26-23(28)20-12-19(20)21-5-2-3-9-24-21/h2-11,13-14,19-20H,12H2,1H3,(H,26,28)/t19-,20+/m0/s1. The molecule has 3 aromatic heterocycles. The summed E-state index contributed by atoms with van der Waals surface area (Å²) in [6, 6.07) is 15.8. The van der Waals surface area contributed by atoms with Crippen LogP contribution < -0.4 is 5.32 Å². The number of rotatable bonds is 4. The number of aryl methyl sites for hydroxylation is 1. The van der Waals surface area contributed by atoms with Gasteiger partial charge in [0.25, 0.3) is 0 Å². The fraction of sp³-hybridized carbons (Fsp3) is 0.174. The summed E-state index contributed by atoms with van der Waals surface area (Å²) in [7, 11) is 0. The van der Waals surface area contributed by atoms with Gasteiger partial charge in [0.1, 0.15) is 5.65 Å². The van der Waals surface area contributed by atoms with Gasteiger partial charge in [-0.05, 0) is 60.9 Å². The van der Waals surface area contributed by atoms with E-state index in [0.29, 0.717) is 0 Å². The SMILES string of the molecule is Cc1ccc(NC(=O)[C@@H]2C[C@@H]2c2ccccn2)cc1-c1cnc2cccn2c1. The zero-order chi connectivity index (χ0) is 19.1. The van der Waals surface area contributed by atoms with Crippen LogP contribution in [-0.2, 0) is 4.79 Å². The summed E-state index contributed by atoms with van der Waals surface area (Å²) >= 11 is 0. The molecule has 1 aliphatic rings. The van der Waals surface area contributed by atoms with Crippen molar-refractivity contribution in [3.05, 3.63) is 84.6 Å². The Kier molecular flexibility index (Phi) is 3.93. The zero-order valence-corrected chi connectivity index (χ0v) is 15.5. The van der Waals surface area contributed by atoms with E-state index in [0.717, 1.165) is 40.1 Å². The topological polar surface area (TPSA) is 59.3 Å². The molecule has 0 aliphatic heterocycles. The molecule has 5 heteroatoms. The van der Waals surface area contributed by atoms with Crippen molar-refractivity contribution in [1.29, 1.82) is 0 Å². The number of nitrogens with zero attached hydrogens (tertiary/aromatic N) is 3. The van der Waals surface area contributed by atoms with Crippen LogP contribution in [0.15, 0.2) is 73.3 Å². The first-order valence-corrected chi connectivity index (χ1v) is 9.44. The Morgan fingerprint density at radius 2 is 2.07 bits per heavy atom. The third kappa shape index (κ3) is 3.05. The number of benzene rings is 1. The van der Waals surface area contributed by atoms with Crippen LogP contribution in [0.4, 0.5) is 5.69 Å². The first-order valence-electron chi connectivity index (χ1n) is 9.44. The molecule has 0 saturated heterocycles. The second-order valence-electron chi connectivity index (χ2n) is 7.34. The van der Waals surface area contributed by atoms with Gasteiger partial charge in [0.05, 0.1) is 0 Å². The van der Waals surface area contributed by atoms with Crippen molar-refractivity contribution in [2.24, 2.45) is 5.92 Å². The molecule has 2 atom stereocenters. The largest absolute Gasteiger partial charge is 0.326 e. The number of nitrogens with one attached hydrogen (secondary N) is 1. The van der Waals surface area contributed by atoms with Gasteiger partial charge >= 0.3 is 0 Å². The van der Waals surface area contributed by atoms with Crippen LogP contribution in [0.5, 0.6) is 0 Å². The predicted octanol–water partition coefficient (Wildman–Crippen LogP) is 4.45. The highest BCUT2D eigenvalue weighted by atomic mass is 16.2. The molecule has 0 bridgehead atoms. The molecule has 0 unspecified atom stereocenters. The smallest absolute Gasteiger partial charge is 0.228 e. The Morgan fingerprint density at radius 1 is 1.14 bits per heavy atom. The lowest BCUT2D eigenvalue weighted by atomic mass is 10.0.